The summed E-state index contributed by atoms with van der Waals surface area (Å²) in [5, 5.41) is 0. The summed E-state index contributed by atoms with van der Waals surface area (Å²) >= 11 is 0. The van der Waals surface area contributed by atoms with E-state index in [-0.39, 0.29) is 5.91 Å². The highest BCUT2D eigenvalue weighted by molar-refractivity contribution is 5.81. The highest BCUT2D eigenvalue weighted by Crippen LogP contribution is 2.11. The number of amides is 1. The minimum atomic E-state index is -0.515. The van der Waals surface area contributed by atoms with Gasteiger partial charge in [-0.2, -0.15) is 0 Å². The van der Waals surface area contributed by atoms with E-state index in [9.17, 15) is 4.79 Å². The number of aromatic nitrogens is 1. The minimum absolute atomic E-state index is 0.0674. The van der Waals surface area contributed by atoms with E-state index in [4.69, 9.17) is 5.73 Å². The highest BCUT2D eigenvalue weighted by atomic mass is 16.2. The zero-order valence-corrected chi connectivity index (χ0v) is 12.5. The average molecular weight is 283 g/mol. The molecule has 4 nitrogen and oxygen atoms in total. The van der Waals surface area contributed by atoms with Gasteiger partial charge in [-0.05, 0) is 31.5 Å². The Kier molecular flexibility index (Phi) is 5.06. The van der Waals surface area contributed by atoms with Crippen LogP contribution in [0.3, 0.4) is 0 Å². The number of nitrogens with two attached hydrogens (primary N) is 1. The fourth-order valence-electron chi connectivity index (χ4n) is 2.22. The zero-order chi connectivity index (χ0) is 15.2. The van der Waals surface area contributed by atoms with Crippen molar-refractivity contribution in [3.8, 4) is 0 Å². The number of nitrogens with zero attached hydrogens (tertiary/aromatic N) is 2. The Morgan fingerprint density at radius 1 is 1.24 bits per heavy atom. The van der Waals surface area contributed by atoms with Crippen LogP contribution in [0.25, 0.3) is 0 Å². The van der Waals surface area contributed by atoms with E-state index >= 15 is 0 Å². The lowest BCUT2D eigenvalue weighted by molar-refractivity contribution is -0.133. The number of carbonyl (C=O) groups is 1. The fraction of sp³-hybridized carbons (Fsp3) is 0.294. The quantitative estimate of drug-likeness (QED) is 0.915. The molecule has 2 aromatic rings. The fourth-order valence-corrected chi connectivity index (χ4v) is 2.22. The van der Waals surface area contributed by atoms with Crippen LogP contribution in [0.5, 0.6) is 0 Å². The van der Waals surface area contributed by atoms with Crippen LogP contribution < -0.4 is 5.73 Å². The van der Waals surface area contributed by atoms with E-state index in [1.54, 1.807) is 18.0 Å². The van der Waals surface area contributed by atoms with Crippen molar-refractivity contribution in [2.24, 2.45) is 5.73 Å². The molecule has 0 radical (unpaired) electrons. The van der Waals surface area contributed by atoms with E-state index in [1.807, 2.05) is 43.3 Å². The topological polar surface area (TPSA) is 59.2 Å². The number of pyridine rings is 1. The van der Waals surface area contributed by atoms with Gasteiger partial charge in [0, 0.05) is 12.7 Å². The third-order valence-corrected chi connectivity index (χ3v) is 3.24. The third-order valence-electron chi connectivity index (χ3n) is 3.24. The summed E-state index contributed by atoms with van der Waals surface area (Å²) in [4.78, 5) is 18.3. The third kappa shape index (κ3) is 4.39. The maximum absolute atomic E-state index is 12.3. The summed E-state index contributed by atoms with van der Waals surface area (Å²) < 4.78 is 0. The van der Waals surface area contributed by atoms with Crippen molar-refractivity contribution >= 4 is 5.91 Å². The SMILES string of the molecule is Cc1cccc(CN(Cc2ccccn2)C(=O)C(C)N)c1. The second-order valence-electron chi connectivity index (χ2n) is 5.29. The van der Waals surface area contributed by atoms with Gasteiger partial charge >= 0.3 is 0 Å². The maximum atomic E-state index is 12.3. The van der Waals surface area contributed by atoms with Gasteiger partial charge in [-0.1, -0.05) is 35.9 Å². The molecule has 1 aromatic heterocycles. The Morgan fingerprint density at radius 2 is 2.05 bits per heavy atom. The molecule has 2 rings (SSSR count). The number of carbonyl (C=O) groups excluding carboxylic acids is 1. The first-order valence-electron chi connectivity index (χ1n) is 7.06. The molecule has 1 unspecified atom stereocenters. The minimum Gasteiger partial charge on any atom is -0.331 e. The van der Waals surface area contributed by atoms with Crippen LogP contribution >= 0.6 is 0 Å². The van der Waals surface area contributed by atoms with Crippen LogP contribution in [-0.4, -0.2) is 21.8 Å². The van der Waals surface area contributed by atoms with Gasteiger partial charge in [-0.3, -0.25) is 9.78 Å². The largest absolute Gasteiger partial charge is 0.331 e. The molecule has 0 saturated carbocycles. The van der Waals surface area contributed by atoms with Crippen LogP contribution in [0.15, 0.2) is 48.7 Å². The number of rotatable bonds is 5. The molecule has 0 fully saturated rings. The van der Waals surface area contributed by atoms with Crippen molar-refractivity contribution in [2.45, 2.75) is 33.0 Å². The average Bonchev–Trinajstić information content (AvgIpc) is 2.47. The molecular weight excluding hydrogens is 262 g/mol. The summed E-state index contributed by atoms with van der Waals surface area (Å²) in [5.41, 5.74) is 8.90. The lowest BCUT2D eigenvalue weighted by Gasteiger charge is -2.24. The van der Waals surface area contributed by atoms with Crippen molar-refractivity contribution < 1.29 is 4.79 Å². The highest BCUT2D eigenvalue weighted by Gasteiger charge is 2.18. The molecule has 0 aliphatic carbocycles. The van der Waals surface area contributed by atoms with Crippen molar-refractivity contribution in [2.75, 3.05) is 0 Å². The molecule has 110 valence electrons. The van der Waals surface area contributed by atoms with Crippen molar-refractivity contribution in [3.63, 3.8) is 0 Å². The molecule has 1 amide bonds. The molecule has 2 N–H and O–H groups in total. The van der Waals surface area contributed by atoms with Gasteiger partial charge in [0.15, 0.2) is 0 Å². The molecule has 0 saturated heterocycles. The Labute approximate surface area is 125 Å². The van der Waals surface area contributed by atoms with Gasteiger partial charge in [0.2, 0.25) is 5.91 Å². The van der Waals surface area contributed by atoms with Gasteiger partial charge in [-0.25, -0.2) is 0 Å². The first-order valence-corrected chi connectivity index (χ1v) is 7.06. The Bertz CT molecular complexity index is 596. The molecule has 1 atom stereocenters. The van der Waals surface area contributed by atoms with E-state index in [1.165, 1.54) is 5.56 Å². The zero-order valence-electron chi connectivity index (χ0n) is 12.5. The van der Waals surface area contributed by atoms with Gasteiger partial charge in [0.05, 0.1) is 18.3 Å². The maximum Gasteiger partial charge on any atom is 0.239 e. The molecular formula is C17H21N3O. The number of benzene rings is 1. The van der Waals surface area contributed by atoms with Crippen molar-refractivity contribution in [3.05, 3.63) is 65.5 Å². The molecule has 0 spiro atoms. The molecule has 21 heavy (non-hydrogen) atoms. The molecule has 0 bridgehead atoms. The Hall–Kier alpha value is -2.20. The van der Waals surface area contributed by atoms with Crippen LogP contribution in [-0.2, 0) is 17.9 Å². The Morgan fingerprint density at radius 3 is 2.67 bits per heavy atom. The molecule has 4 heteroatoms. The lowest BCUT2D eigenvalue weighted by Crippen LogP contribution is -2.41. The standard InChI is InChI=1S/C17H21N3O/c1-13-6-5-7-15(10-13)11-20(17(21)14(2)18)12-16-8-3-4-9-19-16/h3-10,14H,11-12,18H2,1-2H3. The van der Waals surface area contributed by atoms with Crippen LogP contribution in [0.1, 0.15) is 23.7 Å². The Balaban J connectivity index is 2.18. The van der Waals surface area contributed by atoms with Crippen molar-refractivity contribution in [1.82, 2.24) is 9.88 Å². The number of hydrogen-bond acceptors (Lipinski definition) is 3. The molecule has 1 aromatic carbocycles. The van der Waals surface area contributed by atoms with Gasteiger partial charge in [0.1, 0.15) is 0 Å². The molecule has 1 heterocycles. The molecule has 0 aliphatic heterocycles. The van der Waals surface area contributed by atoms with E-state index < -0.39 is 6.04 Å². The van der Waals surface area contributed by atoms with Crippen LogP contribution in [0, 0.1) is 6.92 Å². The summed E-state index contributed by atoms with van der Waals surface area (Å²) in [5.74, 6) is -0.0674. The van der Waals surface area contributed by atoms with E-state index in [0.717, 1.165) is 11.3 Å². The van der Waals surface area contributed by atoms with Crippen molar-refractivity contribution in [1.29, 1.82) is 0 Å². The van der Waals surface area contributed by atoms with E-state index in [2.05, 4.69) is 11.1 Å². The van der Waals surface area contributed by atoms with Gasteiger partial charge in [0.25, 0.3) is 0 Å². The number of aryl methyl sites for hydroxylation is 1. The second kappa shape index (κ2) is 6.99. The normalized spacial score (nSPS) is 12.0. The van der Waals surface area contributed by atoms with Gasteiger partial charge < -0.3 is 10.6 Å². The first-order chi connectivity index (χ1) is 10.1. The van der Waals surface area contributed by atoms with Gasteiger partial charge in [-0.15, -0.1) is 0 Å². The smallest absolute Gasteiger partial charge is 0.239 e. The summed E-state index contributed by atoms with van der Waals surface area (Å²) in [6.45, 7) is 4.76. The molecule has 0 aliphatic rings. The summed E-state index contributed by atoms with van der Waals surface area (Å²) in [7, 11) is 0. The van der Waals surface area contributed by atoms with E-state index in [0.29, 0.717) is 13.1 Å². The number of hydrogen-bond donors (Lipinski definition) is 1. The lowest BCUT2D eigenvalue weighted by atomic mass is 10.1. The predicted octanol–water partition coefficient (Wildman–Crippen LogP) is 2.27. The second-order valence-corrected chi connectivity index (χ2v) is 5.29. The summed E-state index contributed by atoms with van der Waals surface area (Å²) in [6, 6.07) is 13.3. The first kappa shape index (κ1) is 15.2. The monoisotopic (exact) mass is 283 g/mol. The van der Waals surface area contributed by atoms with Crippen LogP contribution in [0.4, 0.5) is 0 Å². The van der Waals surface area contributed by atoms with Crippen LogP contribution in [0.2, 0.25) is 0 Å². The predicted molar refractivity (Wildman–Crippen MR) is 83.3 cm³/mol. The summed E-state index contributed by atoms with van der Waals surface area (Å²) in [6.07, 6.45) is 1.73.